The quantitative estimate of drug-likeness (QED) is 0.781. The summed E-state index contributed by atoms with van der Waals surface area (Å²) >= 11 is 0. The summed E-state index contributed by atoms with van der Waals surface area (Å²) in [5, 5.41) is 2.88. The molecule has 0 aromatic heterocycles. The molecule has 0 fully saturated rings. The first-order chi connectivity index (χ1) is 9.56. The summed E-state index contributed by atoms with van der Waals surface area (Å²) < 4.78 is 5.19. The van der Waals surface area contributed by atoms with Gasteiger partial charge in [-0.2, -0.15) is 0 Å². The van der Waals surface area contributed by atoms with Crippen molar-refractivity contribution in [1.82, 2.24) is 0 Å². The van der Waals surface area contributed by atoms with Gasteiger partial charge in [-0.1, -0.05) is 6.92 Å². The van der Waals surface area contributed by atoms with Crippen LogP contribution in [0.5, 0.6) is 0 Å². The second-order valence-corrected chi connectivity index (χ2v) is 5.24. The molecule has 1 atom stereocenters. The zero-order chi connectivity index (χ0) is 14.7. The van der Waals surface area contributed by atoms with E-state index in [0.29, 0.717) is 19.1 Å². The molecule has 0 saturated heterocycles. The van der Waals surface area contributed by atoms with E-state index in [2.05, 4.69) is 24.1 Å². The molecular weight excluding hydrogens is 254 g/mol. The summed E-state index contributed by atoms with van der Waals surface area (Å²) in [6.45, 7) is 5.74. The van der Waals surface area contributed by atoms with E-state index in [-0.39, 0.29) is 5.91 Å². The highest BCUT2D eigenvalue weighted by Crippen LogP contribution is 2.34. The van der Waals surface area contributed by atoms with E-state index in [1.165, 1.54) is 0 Å². The summed E-state index contributed by atoms with van der Waals surface area (Å²) in [7, 11) is 1.70. The predicted octanol–water partition coefficient (Wildman–Crippen LogP) is 2.01. The van der Waals surface area contributed by atoms with Gasteiger partial charge in [-0.3, -0.25) is 4.79 Å². The van der Waals surface area contributed by atoms with Crippen molar-refractivity contribution in [3.8, 4) is 0 Å². The number of hydrogen-bond acceptors (Lipinski definition) is 4. The van der Waals surface area contributed by atoms with Crippen molar-refractivity contribution in [1.29, 1.82) is 0 Å². The number of nitrogens with two attached hydrogens (primary N) is 1. The average Bonchev–Trinajstić information content (AvgIpc) is 2.77. The third-order valence-corrected chi connectivity index (χ3v) is 3.85. The highest BCUT2D eigenvalue weighted by atomic mass is 16.5. The number of carbonyl (C=O) groups is 1. The molecule has 1 heterocycles. The van der Waals surface area contributed by atoms with Gasteiger partial charge in [-0.05, 0) is 31.0 Å². The zero-order valence-corrected chi connectivity index (χ0v) is 12.4. The van der Waals surface area contributed by atoms with Crippen LogP contribution in [0.1, 0.15) is 25.8 Å². The van der Waals surface area contributed by atoms with Crippen molar-refractivity contribution < 1.29 is 9.53 Å². The van der Waals surface area contributed by atoms with Crippen molar-refractivity contribution in [3.63, 3.8) is 0 Å². The SMILES string of the molecule is CCC(C)N(CCOC)c1cc2c(cc1N)CC(=O)N2. The largest absolute Gasteiger partial charge is 0.397 e. The summed E-state index contributed by atoms with van der Waals surface area (Å²) in [6, 6.07) is 4.25. The zero-order valence-electron chi connectivity index (χ0n) is 12.4. The number of carbonyl (C=O) groups excluding carboxylic acids is 1. The number of benzene rings is 1. The lowest BCUT2D eigenvalue weighted by Crippen LogP contribution is -2.36. The van der Waals surface area contributed by atoms with Crippen LogP contribution in [0.3, 0.4) is 0 Å². The lowest BCUT2D eigenvalue weighted by molar-refractivity contribution is -0.115. The van der Waals surface area contributed by atoms with Gasteiger partial charge < -0.3 is 20.7 Å². The molecule has 0 bridgehead atoms. The van der Waals surface area contributed by atoms with Crippen molar-refractivity contribution in [2.75, 3.05) is 36.2 Å². The van der Waals surface area contributed by atoms with Crippen LogP contribution in [0, 0.1) is 0 Å². The van der Waals surface area contributed by atoms with Crippen LogP contribution in [0.15, 0.2) is 12.1 Å². The molecule has 1 aliphatic rings. The minimum absolute atomic E-state index is 0.0310. The van der Waals surface area contributed by atoms with Crippen LogP contribution in [-0.2, 0) is 16.0 Å². The van der Waals surface area contributed by atoms with E-state index in [1.54, 1.807) is 7.11 Å². The standard InChI is InChI=1S/C15H23N3O2/c1-4-10(2)18(5-6-20-3)14-9-13-11(7-12(14)16)8-15(19)17-13/h7,9-10H,4-6,8,16H2,1-3H3,(H,17,19). The van der Waals surface area contributed by atoms with Crippen LogP contribution in [0.25, 0.3) is 0 Å². The topological polar surface area (TPSA) is 67.6 Å². The molecule has 5 heteroatoms. The molecule has 2 rings (SSSR count). The molecule has 1 amide bonds. The molecule has 0 saturated carbocycles. The number of anilines is 3. The third-order valence-electron chi connectivity index (χ3n) is 3.85. The summed E-state index contributed by atoms with van der Waals surface area (Å²) in [5.41, 5.74) is 9.73. The molecule has 1 aromatic rings. The normalized spacial score (nSPS) is 14.8. The molecule has 1 unspecified atom stereocenters. The number of amides is 1. The van der Waals surface area contributed by atoms with Crippen molar-refractivity contribution in [2.45, 2.75) is 32.7 Å². The Morgan fingerprint density at radius 3 is 2.90 bits per heavy atom. The van der Waals surface area contributed by atoms with Crippen molar-refractivity contribution in [2.24, 2.45) is 0 Å². The minimum atomic E-state index is 0.0310. The third kappa shape index (κ3) is 2.88. The second kappa shape index (κ2) is 6.13. The Bertz CT molecular complexity index is 502. The summed E-state index contributed by atoms with van der Waals surface area (Å²) in [6.07, 6.45) is 1.44. The van der Waals surface area contributed by atoms with Gasteiger partial charge in [0.05, 0.1) is 24.4 Å². The Balaban J connectivity index is 2.33. The first kappa shape index (κ1) is 14.7. The number of hydrogen-bond donors (Lipinski definition) is 2. The smallest absolute Gasteiger partial charge is 0.228 e. The van der Waals surface area contributed by atoms with E-state index in [4.69, 9.17) is 10.5 Å². The van der Waals surface area contributed by atoms with Gasteiger partial charge >= 0.3 is 0 Å². The Morgan fingerprint density at radius 2 is 2.25 bits per heavy atom. The Kier molecular flexibility index (Phi) is 4.49. The molecule has 1 aliphatic heterocycles. The van der Waals surface area contributed by atoms with Gasteiger partial charge in [0.25, 0.3) is 0 Å². The van der Waals surface area contributed by atoms with E-state index in [0.717, 1.165) is 35.6 Å². The van der Waals surface area contributed by atoms with Gasteiger partial charge in [0, 0.05) is 25.4 Å². The number of rotatable bonds is 6. The van der Waals surface area contributed by atoms with Crippen LogP contribution in [-0.4, -0.2) is 32.2 Å². The molecule has 1 aromatic carbocycles. The summed E-state index contributed by atoms with van der Waals surface area (Å²) in [4.78, 5) is 13.7. The molecule has 5 nitrogen and oxygen atoms in total. The van der Waals surface area contributed by atoms with E-state index in [9.17, 15) is 4.79 Å². The molecule has 3 N–H and O–H groups in total. The Hall–Kier alpha value is -1.75. The van der Waals surface area contributed by atoms with Crippen LogP contribution in [0.2, 0.25) is 0 Å². The highest BCUT2D eigenvalue weighted by Gasteiger charge is 2.22. The average molecular weight is 277 g/mol. The second-order valence-electron chi connectivity index (χ2n) is 5.24. The first-order valence-electron chi connectivity index (χ1n) is 7.04. The number of nitrogen functional groups attached to an aromatic ring is 1. The fourth-order valence-electron chi connectivity index (χ4n) is 2.52. The monoisotopic (exact) mass is 277 g/mol. The van der Waals surface area contributed by atoms with Crippen LogP contribution < -0.4 is 16.0 Å². The van der Waals surface area contributed by atoms with Crippen LogP contribution in [0.4, 0.5) is 17.1 Å². The first-order valence-corrected chi connectivity index (χ1v) is 7.04. The number of ether oxygens (including phenoxy) is 1. The highest BCUT2D eigenvalue weighted by molar-refractivity contribution is 6.00. The van der Waals surface area contributed by atoms with Crippen molar-refractivity contribution in [3.05, 3.63) is 17.7 Å². The fraction of sp³-hybridized carbons (Fsp3) is 0.533. The summed E-state index contributed by atoms with van der Waals surface area (Å²) in [5.74, 6) is 0.0310. The molecule has 0 aliphatic carbocycles. The molecule has 110 valence electrons. The van der Waals surface area contributed by atoms with Crippen LogP contribution >= 0.6 is 0 Å². The van der Waals surface area contributed by atoms with Gasteiger partial charge in [0.1, 0.15) is 0 Å². The minimum Gasteiger partial charge on any atom is -0.397 e. The number of nitrogens with zero attached hydrogens (tertiary/aromatic N) is 1. The van der Waals surface area contributed by atoms with E-state index >= 15 is 0 Å². The lowest BCUT2D eigenvalue weighted by Gasteiger charge is -2.32. The van der Waals surface area contributed by atoms with Crippen molar-refractivity contribution >= 4 is 23.0 Å². The number of fused-ring (bicyclic) bond motifs is 1. The van der Waals surface area contributed by atoms with E-state index < -0.39 is 0 Å². The Morgan fingerprint density at radius 1 is 1.50 bits per heavy atom. The number of methoxy groups -OCH3 is 1. The maximum absolute atomic E-state index is 11.5. The molecule has 20 heavy (non-hydrogen) atoms. The van der Waals surface area contributed by atoms with Gasteiger partial charge in [0.15, 0.2) is 0 Å². The molecule has 0 radical (unpaired) electrons. The van der Waals surface area contributed by atoms with Gasteiger partial charge in [-0.15, -0.1) is 0 Å². The maximum Gasteiger partial charge on any atom is 0.228 e. The van der Waals surface area contributed by atoms with E-state index in [1.807, 2.05) is 12.1 Å². The predicted molar refractivity (Wildman–Crippen MR) is 82.2 cm³/mol. The lowest BCUT2D eigenvalue weighted by atomic mass is 10.1. The molecule has 0 spiro atoms. The Labute approximate surface area is 120 Å². The fourth-order valence-corrected chi connectivity index (χ4v) is 2.52. The van der Waals surface area contributed by atoms with Gasteiger partial charge in [0.2, 0.25) is 5.91 Å². The number of nitrogens with one attached hydrogen (secondary N) is 1. The maximum atomic E-state index is 11.5. The van der Waals surface area contributed by atoms with Gasteiger partial charge in [-0.25, -0.2) is 0 Å². The molecular formula is C15H23N3O2.